The van der Waals surface area contributed by atoms with Gasteiger partial charge in [0.15, 0.2) is 5.96 Å². The van der Waals surface area contributed by atoms with E-state index in [9.17, 15) is 4.39 Å². The van der Waals surface area contributed by atoms with Gasteiger partial charge in [0.1, 0.15) is 5.82 Å². The summed E-state index contributed by atoms with van der Waals surface area (Å²) >= 11 is 3.28. The molecule has 2 N–H and O–H groups in total. The van der Waals surface area contributed by atoms with Gasteiger partial charge in [0.05, 0.1) is 13.2 Å². The number of aliphatic imine (C=N–C) groups is 1. The molecule has 0 radical (unpaired) electrons. The molecule has 2 rings (SSSR count). The van der Waals surface area contributed by atoms with Gasteiger partial charge in [-0.3, -0.25) is 4.99 Å². The summed E-state index contributed by atoms with van der Waals surface area (Å²) in [7, 11) is 0. The van der Waals surface area contributed by atoms with Crippen LogP contribution >= 0.6 is 15.9 Å². The molecular weight excluding hydrogens is 413 g/mol. The average Bonchev–Trinajstić information content (AvgIpc) is 3.16. The molecule has 27 heavy (non-hydrogen) atoms. The highest BCUT2D eigenvalue weighted by molar-refractivity contribution is 9.10. The maximum Gasteiger partial charge on any atom is 0.191 e. The van der Waals surface area contributed by atoms with Crippen LogP contribution in [0.15, 0.2) is 27.7 Å². The van der Waals surface area contributed by atoms with Crippen LogP contribution in [0.25, 0.3) is 0 Å². The largest absolute Gasteiger partial charge is 0.381 e. The van der Waals surface area contributed by atoms with Crippen molar-refractivity contribution in [3.63, 3.8) is 0 Å². The van der Waals surface area contributed by atoms with Gasteiger partial charge >= 0.3 is 0 Å². The Labute approximate surface area is 170 Å². The smallest absolute Gasteiger partial charge is 0.191 e. The zero-order chi connectivity index (χ0) is 19.3. The molecule has 0 aliphatic carbocycles. The zero-order valence-electron chi connectivity index (χ0n) is 16.1. The van der Waals surface area contributed by atoms with Crippen molar-refractivity contribution in [1.29, 1.82) is 0 Å². The fraction of sp³-hybridized carbons (Fsp3) is 0.650. The summed E-state index contributed by atoms with van der Waals surface area (Å²) in [5, 5.41) is 6.56. The third-order valence-electron chi connectivity index (χ3n) is 4.37. The molecule has 0 saturated carbocycles. The van der Waals surface area contributed by atoms with Crippen molar-refractivity contribution in [3.05, 3.63) is 34.1 Å². The second-order valence-electron chi connectivity index (χ2n) is 6.68. The highest BCUT2D eigenvalue weighted by Crippen LogP contribution is 2.16. The molecule has 1 saturated heterocycles. The van der Waals surface area contributed by atoms with Crippen molar-refractivity contribution in [2.45, 2.75) is 32.6 Å². The minimum atomic E-state index is -0.164. The molecule has 1 aliphatic rings. The van der Waals surface area contributed by atoms with E-state index in [0.717, 1.165) is 74.8 Å². The Bertz CT molecular complexity index is 580. The van der Waals surface area contributed by atoms with Crippen LogP contribution in [0, 0.1) is 11.7 Å². The van der Waals surface area contributed by atoms with E-state index < -0.39 is 0 Å². The lowest BCUT2D eigenvalue weighted by Gasteiger charge is -2.12. The first-order chi connectivity index (χ1) is 13.2. The predicted molar refractivity (Wildman–Crippen MR) is 111 cm³/mol. The molecule has 1 heterocycles. The molecule has 1 fully saturated rings. The molecule has 1 aromatic carbocycles. The fourth-order valence-corrected chi connectivity index (χ4v) is 3.21. The van der Waals surface area contributed by atoms with Gasteiger partial charge in [-0.2, -0.15) is 0 Å². The van der Waals surface area contributed by atoms with E-state index >= 15 is 0 Å². The second kappa shape index (κ2) is 13.1. The zero-order valence-corrected chi connectivity index (χ0v) is 17.7. The van der Waals surface area contributed by atoms with E-state index in [4.69, 9.17) is 9.47 Å². The fourth-order valence-electron chi connectivity index (χ4n) is 2.87. The number of rotatable bonds is 11. The standard InChI is InChI=1S/C20H31BrFN3O2/c1-2-23-20(25-10-4-11-26-14-16-8-12-27-15-16)24-9-3-5-17-6-7-18(21)13-19(17)22/h6-7,13,16H,2-5,8-12,14-15H2,1H3,(H2,23,24,25). The highest BCUT2D eigenvalue weighted by Gasteiger charge is 2.15. The second-order valence-corrected chi connectivity index (χ2v) is 7.60. The SMILES string of the molecule is CCNC(=NCCCc1ccc(Br)cc1F)NCCCOCC1CCOC1. The Balaban J connectivity index is 1.59. The van der Waals surface area contributed by atoms with E-state index in [0.29, 0.717) is 18.9 Å². The van der Waals surface area contributed by atoms with E-state index in [2.05, 4.69) is 31.6 Å². The molecule has 5 nitrogen and oxygen atoms in total. The summed E-state index contributed by atoms with van der Waals surface area (Å²) in [6.45, 7) is 7.56. The number of nitrogens with one attached hydrogen (secondary N) is 2. The molecule has 1 atom stereocenters. The third kappa shape index (κ3) is 9.04. The maximum absolute atomic E-state index is 13.8. The highest BCUT2D eigenvalue weighted by atomic mass is 79.9. The van der Waals surface area contributed by atoms with E-state index in [-0.39, 0.29) is 5.82 Å². The number of guanidine groups is 1. The van der Waals surface area contributed by atoms with Gasteiger partial charge in [0, 0.05) is 43.2 Å². The molecule has 152 valence electrons. The normalized spacial score (nSPS) is 17.3. The molecule has 1 aliphatic heterocycles. The predicted octanol–water partition coefficient (Wildman–Crippen LogP) is 3.52. The summed E-state index contributed by atoms with van der Waals surface area (Å²) in [6, 6.07) is 5.20. The van der Waals surface area contributed by atoms with Crippen molar-refractivity contribution in [2.24, 2.45) is 10.9 Å². The van der Waals surface area contributed by atoms with Crippen molar-refractivity contribution >= 4 is 21.9 Å². The van der Waals surface area contributed by atoms with Gasteiger partial charge < -0.3 is 20.1 Å². The first-order valence-corrected chi connectivity index (χ1v) is 10.6. The van der Waals surface area contributed by atoms with Gasteiger partial charge in [0.25, 0.3) is 0 Å². The van der Waals surface area contributed by atoms with Crippen molar-refractivity contribution in [2.75, 3.05) is 46.1 Å². The topological polar surface area (TPSA) is 54.9 Å². The van der Waals surface area contributed by atoms with E-state index in [1.807, 2.05) is 19.1 Å². The van der Waals surface area contributed by atoms with Crippen LogP contribution < -0.4 is 10.6 Å². The number of hydrogen-bond donors (Lipinski definition) is 2. The lowest BCUT2D eigenvalue weighted by Crippen LogP contribution is -2.38. The lowest BCUT2D eigenvalue weighted by atomic mass is 10.1. The summed E-state index contributed by atoms with van der Waals surface area (Å²) in [5.41, 5.74) is 0.733. The van der Waals surface area contributed by atoms with Gasteiger partial charge in [-0.1, -0.05) is 22.0 Å². The minimum Gasteiger partial charge on any atom is -0.381 e. The quantitative estimate of drug-likeness (QED) is 0.312. The number of nitrogens with zero attached hydrogens (tertiary/aromatic N) is 1. The van der Waals surface area contributed by atoms with E-state index in [1.165, 1.54) is 6.07 Å². The number of hydrogen-bond acceptors (Lipinski definition) is 3. The number of halogens is 2. The molecule has 0 aromatic heterocycles. The molecule has 1 unspecified atom stereocenters. The lowest BCUT2D eigenvalue weighted by molar-refractivity contribution is 0.0888. The van der Waals surface area contributed by atoms with Crippen molar-refractivity contribution < 1.29 is 13.9 Å². The van der Waals surface area contributed by atoms with E-state index in [1.54, 1.807) is 0 Å². The van der Waals surface area contributed by atoms with Crippen molar-refractivity contribution in [1.82, 2.24) is 10.6 Å². The first-order valence-electron chi connectivity index (χ1n) is 9.80. The molecule has 0 spiro atoms. The first kappa shape index (κ1) is 22.1. The Morgan fingerprint density at radius 1 is 1.37 bits per heavy atom. The summed E-state index contributed by atoms with van der Waals surface area (Å²) in [4.78, 5) is 4.56. The van der Waals surface area contributed by atoms with Gasteiger partial charge in [-0.15, -0.1) is 0 Å². The van der Waals surface area contributed by atoms with Crippen LogP contribution in [0.3, 0.4) is 0 Å². The number of aryl methyl sites for hydroxylation is 1. The van der Waals surface area contributed by atoms with Gasteiger partial charge in [-0.05, 0) is 50.3 Å². The maximum atomic E-state index is 13.8. The Morgan fingerprint density at radius 2 is 2.26 bits per heavy atom. The molecular formula is C20H31BrFN3O2. The summed E-state index contributed by atoms with van der Waals surface area (Å²) in [6.07, 6.45) is 3.53. The number of benzene rings is 1. The Hall–Kier alpha value is -1.18. The van der Waals surface area contributed by atoms with Crippen LogP contribution in [0.2, 0.25) is 0 Å². The molecule has 1 aromatic rings. The molecule has 0 amide bonds. The van der Waals surface area contributed by atoms with Crippen LogP contribution in [0.1, 0.15) is 31.7 Å². The van der Waals surface area contributed by atoms with Crippen molar-refractivity contribution in [3.8, 4) is 0 Å². The molecule has 7 heteroatoms. The minimum absolute atomic E-state index is 0.164. The monoisotopic (exact) mass is 443 g/mol. The van der Waals surface area contributed by atoms with Crippen LogP contribution in [-0.4, -0.2) is 52.0 Å². The Morgan fingerprint density at radius 3 is 3.00 bits per heavy atom. The summed E-state index contributed by atoms with van der Waals surface area (Å²) < 4.78 is 25.6. The third-order valence-corrected chi connectivity index (χ3v) is 4.86. The van der Waals surface area contributed by atoms with Crippen LogP contribution in [0.4, 0.5) is 4.39 Å². The van der Waals surface area contributed by atoms with Gasteiger partial charge in [0.2, 0.25) is 0 Å². The number of ether oxygens (including phenoxy) is 2. The Kier molecular flexibility index (Phi) is 10.7. The average molecular weight is 444 g/mol. The van der Waals surface area contributed by atoms with Crippen LogP contribution in [0.5, 0.6) is 0 Å². The van der Waals surface area contributed by atoms with Gasteiger partial charge in [-0.25, -0.2) is 4.39 Å². The molecule has 0 bridgehead atoms. The van der Waals surface area contributed by atoms with Crippen LogP contribution in [-0.2, 0) is 15.9 Å². The summed E-state index contributed by atoms with van der Waals surface area (Å²) in [5.74, 6) is 1.20.